The summed E-state index contributed by atoms with van der Waals surface area (Å²) in [5.74, 6) is 0.704. The lowest BCUT2D eigenvalue weighted by atomic mass is 9.98. The molecule has 1 aliphatic heterocycles. The van der Waals surface area contributed by atoms with Crippen molar-refractivity contribution in [3.63, 3.8) is 0 Å². The molecule has 0 aromatic rings. The van der Waals surface area contributed by atoms with E-state index in [-0.39, 0.29) is 11.8 Å². The molecule has 1 saturated heterocycles. The van der Waals surface area contributed by atoms with E-state index in [9.17, 15) is 4.79 Å². The number of hydrogen-bond donors (Lipinski definition) is 2. The van der Waals surface area contributed by atoms with Crippen molar-refractivity contribution >= 4 is 5.91 Å². The van der Waals surface area contributed by atoms with Crippen LogP contribution in [0.15, 0.2) is 0 Å². The van der Waals surface area contributed by atoms with Gasteiger partial charge in [-0.15, -0.1) is 0 Å². The molecule has 0 bridgehead atoms. The molecule has 1 rings (SSSR count). The van der Waals surface area contributed by atoms with E-state index in [2.05, 4.69) is 17.7 Å². The van der Waals surface area contributed by atoms with Crippen molar-refractivity contribution < 1.29 is 4.79 Å². The molecule has 1 heterocycles. The van der Waals surface area contributed by atoms with Gasteiger partial charge in [0, 0.05) is 20.6 Å². The van der Waals surface area contributed by atoms with Crippen LogP contribution in [-0.4, -0.2) is 38.1 Å². The minimum atomic E-state index is 0.123. The lowest BCUT2D eigenvalue weighted by Crippen LogP contribution is -2.42. The monoisotopic (exact) mass is 171 g/mol. The predicted molar refractivity (Wildman–Crippen MR) is 47.4 cm³/mol. The highest BCUT2D eigenvalue weighted by Gasteiger charge is 2.29. The fourth-order valence-electron chi connectivity index (χ4n) is 1.46. The second kappa shape index (κ2) is 3.87. The molecule has 0 saturated carbocycles. The molecule has 0 aromatic carbocycles. The summed E-state index contributed by atoms with van der Waals surface area (Å²) in [6.07, 6.45) is 0. The SMILES string of the molecule is CC1CNCC1C(=O)NN(C)C. The number of carbonyl (C=O) groups excluding carboxylic acids is 1. The summed E-state index contributed by atoms with van der Waals surface area (Å²) in [7, 11) is 3.65. The van der Waals surface area contributed by atoms with Gasteiger partial charge in [0.25, 0.3) is 0 Å². The van der Waals surface area contributed by atoms with Gasteiger partial charge in [0.15, 0.2) is 0 Å². The minimum absolute atomic E-state index is 0.123. The number of nitrogens with one attached hydrogen (secondary N) is 2. The van der Waals surface area contributed by atoms with Crippen LogP contribution in [-0.2, 0) is 4.79 Å². The van der Waals surface area contributed by atoms with Gasteiger partial charge in [-0.1, -0.05) is 6.92 Å². The first-order chi connectivity index (χ1) is 5.61. The maximum absolute atomic E-state index is 11.5. The second-order valence-electron chi connectivity index (χ2n) is 3.61. The molecule has 1 fully saturated rings. The third kappa shape index (κ3) is 2.19. The smallest absolute Gasteiger partial charge is 0.238 e. The predicted octanol–water partition coefficient (Wildman–Crippen LogP) is -0.565. The van der Waals surface area contributed by atoms with Gasteiger partial charge in [-0.2, -0.15) is 0 Å². The molecule has 2 atom stereocenters. The molecule has 0 aliphatic carbocycles. The van der Waals surface area contributed by atoms with Gasteiger partial charge in [-0.3, -0.25) is 10.2 Å². The highest BCUT2D eigenvalue weighted by atomic mass is 16.2. The second-order valence-corrected chi connectivity index (χ2v) is 3.61. The quantitative estimate of drug-likeness (QED) is 0.547. The Labute approximate surface area is 73.3 Å². The summed E-state index contributed by atoms with van der Waals surface area (Å²) in [4.78, 5) is 11.5. The van der Waals surface area contributed by atoms with Crippen LogP contribution in [0.4, 0.5) is 0 Å². The number of carbonyl (C=O) groups is 1. The van der Waals surface area contributed by atoms with E-state index >= 15 is 0 Å². The summed E-state index contributed by atoms with van der Waals surface area (Å²) in [6, 6.07) is 0. The van der Waals surface area contributed by atoms with E-state index in [0.29, 0.717) is 5.92 Å². The molecule has 4 nitrogen and oxygen atoms in total. The fourth-order valence-corrected chi connectivity index (χ4v) is 1.46. The van der Waals surface area contributed by atoms with Crippen molar-refractivity contribution in [2.45, 2.75) is 6.92 Å². The highest BCUT2D eigenvalue weighted by Crippen LogP contribution is 2.15. The number of amides is 1. The Balaban J connectivity index is 2.41. The van der Waals surface area contributed by atoms with E-state index in [0.717, 1.165) is 13.1 Å². The molecular weight excluding hydrogens is 154 g/mol. The molecule has 1 aliphatic rings. The van der Waals surface area contributed by atoms with Crippen LogP contribution >= 0.6 is 0 Å². The molecule has 70 valence electrons. The summed E-state index contributed by atoms with van der Waals surface area (Å²) >= 11 is 0. The summed E-state index contributed by atoms with van der Waals surface area (Å²) < 4.78 is 0. The molecule has 0 spiro atoms. The molecule has 2 unspecified atom stereocenters. The maximum Gasteiger partial charge on any atom is 0.238 e. The van der Waals surface area contributed by atoms with Gasteiger partial charge >= 0.3 is 0 Å². The Bertz CT molecular complexity index is 170. The van der Waals surface area contributed by atoms with Gasteiger partial charge < -0.3 is 5.32 Å². The topological polar surface area (TPSA) is 44.4 Å². The van der Waals surface area contributed by atoms with Gasteiger partial charge in [0.1, 0.15) is 0 Å². The highest BCUT2D eigenvalue weighted by molar-refractivity contribution is 5.79. The first kappa shape index (κ1) is 9.48. The van der Waals surface area contributed by atoms with Crippen molar-refractivity contribution in [3.8, 4) is 0 Å². The van der Waals surface area contributed by atoms with Gasteiger partial charge in [-0.05, 0) is 12.5 Å². The molecule has 1 amide bonds. The molecule has 2 N–H and O–H groups in total. The largest absolute Gasteiger partial charge is 0.316 e. The number of hydrazine groups is 1. The Hall–Kier alpha value is -0.610. The Morgan fingerprint density at radius 1 is 1.50 bits per heavy atom. The van der Waals surface area contributed by atoms with Crippen molar-refractivity contribution in [2.24, 2.45) is 11.8 Å². The molecule has 4 heteroatoms. The number of hydrogen-bond acceptors (Lipinski definition) is 3. The molecule has 0 radical (unpaired) electrons. The Morgan fingerprint density at radius 2 is 2.17 bits per heavy atom. The van der Waals surface area contributed by atoms with Crippen LogP contribution in [0.1, 0.15) is 6.92 Å². The van der Waals surface area contributed by atoms with Crippen LogP contribution in [0, 0.1) is 11.8 Å². The van der Waals surface area contributed by atoms with Crippen LogP contribution in [0.5, 0.6) is 0 Å². The Morgan fingerprint density at radius 3 is 2.58 bits per heavy atom. The first-order valence-electron chi connectivity index (χ1n) is 4.30. The maximum atomic E-state index is 11.5. The van der Waals surface area contributed by atoms with Crippen LogP contribution < -0.4 is 10.7 Å². The van der Waals surface area contributed by atoms with E-state index in [1.165, 1.54) is 0 Å². The molecule has 0 aromatic heterocycles. The van der Waals surface area contributed by atoms with Crippen molar-refractivity contribution in [1.29, 1.82) is 0 Å². The van der Waals surface area contributed by atoms with Crippen molar-refractivity contribution in [3.05, 3.63) is 0 Å². The van der Waals surface area contributed by atoms with Crippen molar-refractivity contribution in [1.82, 2.24) is 15.8 Å². The minimum Gasteiger partial charge on any atom is -0.316 e. The summed E-state index contributed by atoms with van der Waals surface area (Å²) in [5.41, 5.74) is 2.77. The van der Waals surface area contributed by atoms with E-state index in [1.54, 1.807) is 5.01 Å². The van der Waals surface area contributed by atoms with E-state index in [4.69, 9.17) is 0 Å². The zero-order valence-electron chi connectivity index (χ0n) is 7.92. The zero-order valence-corrected chi connectivity index (χ0v) is 7.92. The lowest BCUT2D eigenvalue weighted by molar-refractivity contribution is -0.129. The average molecular weight is 171 g/mol. The lowest BCUT2D eigenvalue weighted by Gasteiger charge is -2.17. The van der Waals surface area contributed by atoms with E-state index in [1.807, 2.05) is 14.1 Å². The van der Waals surface area contributed by atoms with Gasteiger partial charge in [0.2, 0.25) is 5.91 Å². The normalized spacial score (nSPS) is 29.3. The Kier molecular flexibility index (Phi) is 3.05. The first-order valence-corrected chi connectivity index (χ1v) is 4.30. The van der Waals surface area contributed by atoms with Crippen LogP contribution in [0.2, 0.25) is 0 Å². The standard InChI is InChI=1S/C8H17N3O/c1-6-4-9-5-7(6)8(12)10-11(2)3/h6-7,9H,4-5H2,1-3H3,(H,10,12). The zero-order chi connectivity index (χ0) is 9.14. The number of rotatable bonds is 2. The van der Waals surface area contributed by atoms with Gasteiger partial charge in [-0.25, -0.2) is 5.01 Å². The molecule has 12 heavy (non-hydrogen) atoms. The number of nitrogens with zero attached hydrogens (tertiary/aromatic N) is 1. The van der Waals surface area contributed by atoms with Gasteiger partial charge in [0.05, 0.1) is 5.92 Å². The van der Waals surface area contributed by atoms with Crippen LogP contribution in [0.3, 0.4) is 0 Å². The summed E-state index contributed by atoms with van der Waals surface area (Å²) in [5, 5.41) is 4.88. The van der Waals surface area contributed by atoms with Crippen molar-refractivity contribution in [2.75, 3.05) is 27.2 Å². The third-order valence-electron chi connectivity index (χ3n) is 2.19. The molecular formula is C8H17N3O. The van der Waals surface area contributed by atoms with Crippen LogP contribution in [0.25, 0.3) is 0 Å². The fraction of sp³-hybridized carbons (Fsp3) is 0.875. The van der Waals surface area contributed by atoms with E-state index < -0.39 is 0 Å². The summed E-state index contributed by atoms with van der Waals surface area (Å²) in [6.45, 7) is 3.85. The average Bonchev–Trinajstić information content (AvgIpc) is 2.33. The third-order valence-corrected chi connectivity index (χ3v) is 2.19.